The van der Waals surface area contributed by atoms with Gasteiger partial charge in [0.25, 0.3) is 0 Å². The van der Waals surface area contributed by atoms with E-state index in [9.17, 15) is 4.57 Å². The lowest BCUT2D eigenvalue weighted by Crippen LogP contribution is -2.40. The standard InChI is InChI=1S/C8H17O4P/c1-7-5-11-13(4,9)12-6-8(7,2)10-3/h7H,5-6H2,1-4H3. The van der Waals surface area contributed by atoms with Gasteiger partial charge in [0.2, 0.25) is 0 Å². The Morgan fingerprint density at radius 2 is 2.15 bits per heavy atom. The molecule has 0 N–H and O–H groups in total. The third-order valence-electron chi connectivity index (χ3n) is 2.65. The van der Waals surface area contributed by atoms with Crippen LogP contribution in [-0.4, -0.2) is 32.6 Å². The minimum absolute atomic E-state index is 0.174. The summed E-state index contributed by atoms with van der Waals surface area (Å²) in [6, 6.07) is 0. The normalized spacial score (nSPS) is 47.2. The number of rotatable bonds is 1. The number of ether oxygens (including phenoxy) is 1. The van der Waals surface area contributed by atoms with Gasteiger partial charge in [-0.25, -0.2) is 0 Å². The van der Waals surface area contributed by atoms with Crippen molar-refractivity contribution in [1.82, 2.24) is 0 Å². The summed E-state index contributed by atoms with van der Waals surface area (Å²) in [5.74, 6) is 0.174. The summed E-state index contributed by atoms with van der Waals surface area (Å²) in [4.78, 5) is 0. The maximum Gasteiger partial charge on any atom is 0.327 e. The van der Waals surface area contributed by atoms with Crippen molar-refractivity contribution in [2.45, 2.75) is 19.4 Å². The van der Waals surface area contributed by atoms with Crippen molar-refractivity contribution in [1.29, 1.82) is 0 Å². The Bertz CT molecular complexity index is 230. The lowest BCUT2D eigenvalue weighted by Gasteiger charge is -2.30. The van der Waals surface area contributed by atoms with Gasteiger partial charge in [-0.3, -0.25) is 4.57 Å². The zero-order valence-electron chi connectivity index (χ0n) is 8.57. The topological polar surface area (TPSA) is 44.8 Å². The van der Waals surface area contributed by atoms with Crippen molar-refractivity contribution in [3.63, 3.8) is 0 Å². The van der Waals surface area contributed by atoms with Crippen molar-refractivity contribution in [3.8, 4) is 0 Å². The SMILES string of the molecule is COC1(C)COP(C)(=O)OCC1C. The van der Waals surface area contributed by atoms with Crippen LogP contribution in [-0.2, 0) is 18.3 Å². The fraction of sp³-hybridized carbons (Fsp3) is 1.00. The Morgan fingerprint density at radius 3 is 2.69 bits per heavy atom. The summed E-state index contributed by atoms with van der Waals surface area (Å²) in [7, 11) is -1.21. The van der Waals surface area contributed by atoms with E-state index in [4.69, 9.17) is 13.8 Å². The van der Waals surface area contributed by atoms with Crippen molar-refractivity contribution < 1.29 is 18.3 Å². The molecule has 1 heterocycles. The highest BCUT2D eigenvalue weighted by atomic mass is 31.2. The second kappa shape index (κ2) is 3.70. The van der Waals surface area contributed by atoms with Crippen LogP contribution >= 0.6 is 7.60 Å². The van der Waals surface area contributed by atoms with Crippen LogP contribution in [0.2, 0.25) is 0 Å². The van der Waals surface area contributed by atoms with Crippen LogP contribution in [0, 0.1) is 5.92 Å². The van der Waals surface area contributed by atoms with Gasteiger partial charge in [-0.1, -0.05) is 6.92 Å². The van der Waals surface area contributed by atoms with Gasteiger partial charge in [-0.05, 0) is 6.92 Å². The van der Waals surface area contributed by atoms with E-state index in [1.165, 1.54) is 6.66 Å². The van der Waals surface area contributed by atoms with E-state index < -0.39 is 13.2 Å². The van der Waals surface area contributed by atoms with E-state index in [-0.39, 0.29) is 5.92 Å². The van der Waals surface area contributed by atoms with Gasteiger partial charge in [-0.15, -0.1) is 0 Å². The number of hydrogen-bond donors (Lipinski definition) is 0. The smallest absolute Gasteiger partial charge is 0.327 e. The molecule has 0 radical (unpaired) electrons. The third-order valence-corrected chi connectivity index (χ3v) is 3.87. The zero-order valence-corrected chi connectivity index (χ0v) is 9.47. The first-order valence-corrected chi connectivity index (χ1v) is 6.30. The Balaban J connectivity index is 2.76. The molecule has 1 aliphatic rings. The van der Waals surface area contributed by atoms with Crippen LogP contribution in [0.5, 0.6) is 0 Å². The Labute approximate surface area is 79.1 Å². The monoisotopic (exact) mass is 208 g/mol. The molecule has 78 valence electrons. The van der Waals surface area contributed by atoms with Gasteiger partial charge in [0.15, 0.2) is 0 Å². The average molecular weight is 208 g/mol. The molecular formula is C8H17O4P. The van der Waals surface area contributed by atoms with Crippen LogP contribution < -0.4 is 0 Å². The molecule has 0 aromatic rings. The van der Waals surface area contributed by atoms with Gasteiger partial charge in [0.05, 0.1) is 18.8 Å². The quantitative estimate of drug-likeness (QED) is 0.617. The molecule has 4 nitrogen and oxygen atoms in total. The predicted molar refractivity (Wildman–Crippen MR) is 50.0 cm³/mol. The maximum absolute atomic E-state index is 11.5. The van der Waals surface area contributed by atoms with Crippen LogP contribution in [0.1, 0.15) is 13.8 Å². The fourth-order valence-electron chi connectivity index (χ4n) is 1.11. The molecule has 5 heteroatoms. The van der Waals surface area contributed by atoms with Crippen LogP contribution in [0.3, 0.4) is 0 Å². The summed E-state index contributed by atoms with van der Waals surface area (Å²) < 4.78 is 27.2. The van der Waals surface area contributed by atoms with E-state index >= 15 is 0 Å². The molecule has 3 unspecified atom stereocenters. The number of methoxy groups -OCH3 is 1. The molecule has 0 saturated carbocycles. The second-order valence-corrected chi connectivity index (χ2v) is 5.82. The largest absolute Gasteiger partial charge is 0.376 e. The van der Waals surface area contributed by atoms with Crippen LogP contribution in [0.25, 0.3) is 0 Å². The van der Waals surface area contributed by atoms with Gasteiger partial charge in [0, 0.05) is 19.7 Å². The molecule has 13 heavy (non-hydrogen) atoms. The molecule has 1 rings (SSSR count). The summed E-state index contributed by atoms with van der Waals surface area (Å²) in [5, 5.41) is 0. The van der Waals surface area contributed by atoms with Gasteiger partial charge in [0.1, 0.15) is 0 Å². The van der Waals surface area contributed by atoms with Gasteiger partial charge < -0.3 is 13.8 Å². The highest BCUT2D eigenvalue weighted by Gasteiger charge is 2.38. The lowest BCUT2D eigenvalue weighted by atomic mass is 9.92. The molecule has 1 fully saturated rings. The highest BCUT2D eigenvalue weighted by Crippen LogP contribution is 2.48. The summed E-state index contributed by atoms with van der Waals surface area (Å²) in [5.41, 5.74) is -0.401. The van der Waals surface area contributed by atoms with Crippen molar-refractivity contribution in [3.05, 3.63) is 0 Å². The predicted octanol–water partition coefficient (Wildman–Crippen LogP) is 1.90. The lowest BCUT2D eigenvalue weighted by molar-refractivity contribution is -0.0638. The van der Waals surface area contributed by atoms with E-state index in [2.05, 4.69) is 0 Å². The summed E-state index contributed by atoms with van der Waals surface area (Å²) in [6.07, 6.45) is 0. The van der Waals surface area contributed by atoms with E-state index in [1.54, 1.807) is 7.11 Å². The minimum Gasteiger partial charge on any atom is -0.376 e. The molecule has 1 saturated heterocycles. The zero-order chi connectivity index (χ0) is 10.1. The second-order valence-electron chi connectivity index (χ2n) is 3.76. The van der Waals surface area contributed by atoms with E-state index in [0.29, 0.717) is 13.2 Å². The Kier molecular flexibility index (Phi) is 3.18. The average Bonchev–Trinajstić information content (AvgIpc) is 2.18. The highest BCUT2D eigenvalue weighted by molar-refractivity contribution is 7.52. The third kappa shape index (κ3) is 2.53. The molecule has 3 atom stereocenters. The molecule has 1 aliphatic heterocycles. The van der Waals surface area contributed by atoms with Crippen LogP contribution in [0.15, 0.2) is 0 Å². The molecule has 0 bridgehead atoms. The fourth-order valence-corrected chi connectivity index (χ4v) is 2.17. The minimum atomic E-state index is -2.84. The first-order valence-electron chi connectivity index (χ1n) is 4.31. The van der Waals surface area contributed by atoms with Crippen LogP contribution in [0.4, 0.5) is 0 Å². The molecule has 0 aromatic heterocycles. The molecule has 0 spiro atoms. The maximum atomic E-state index is 11.5. The van der Waals surface area contributed by atoms with Crippen molar-refractivity contribution in [2.75, 3.05) is 27.0 Å². The summed E-state index contributed by atoms with van der Waals surface area (Å²) in [6.45, 7) is 6.15. The number of hydrogen-bond acceptors (Lipinski definition) is 4. The van der Waals surface area contributed by atoms with Crippen molar-refractivity contribution in [2.24, 2.45) is 5.92 Å². The van der Waals surface area contributed by atoms with Crippen molar-refractivity contribution >= 4 is 7.60 Å². The van der Waals surface area contributed by atoms with Gasteiger partial charge >= 0.3 is 7.60 Å². The Hall–Kier alpha value is 0.110. The Morgan fingerprint density at radius 1 is 1.54 bits per heavy atom. The van der Waals surface area contributed by atoms with Gasteiger partial charge in [-0.2, -0.15) is 0 Å². The summed E-state index contributed by atoms with van der Waals surface area (Å²) >= 11 is 0. The molecule has 0 amide bonds. The van der Waals surface area contributed by atoms with E-state index in [1.807, 2.05) is 13.8 Å². The molecule has 0 aromatic carbocycles. The first-order chi connectivity index (χ1) is 5.90. The first kappa shape index (κ1) is 11.2. The molecule has 0 aliphatic carbocycles. The van der Waals surface area contributed by atoms with E-state index in [0.717, 1.165) is 0 Å². The molecular weight excluding hydrogens is 191 g/mol.